The number of aromatic nitrogens is 1. The summed E-state index contributed by atoms with van der Waals surface area (Å²) in [5.74, 6) is 0.0919. The summed E-state index contributed by atoms with van der Waals surface area (Å²) in [5, 5.41) is 1.02. The van der Waals surface area contributed by atoms with Gasteiger partial charge in [0.15, 0.2) is 0 Å². The van der Waals surface area contributed by atoms with Crippen molar-refractivity contribution >= 4 is 22.5 Å². The number of benzene rings is 2. The van der Waals surface area contributed by atoms with Crippen LogP contribution in [0.4, 0.5) is 5.69 Å². The van der Waals surface area contributed by atoms with Crippen LogP contribution in [0.2, 0.25) is 0 Å². The van der Waals surface area contributed by atoms with E-state index in [-0.39, 0.29) is 11.9 Å². The number of carbonyl (C=O) groups is 1. The molecule has 0 aliphatic carbocycles. The van der Waals surface area contributed by atoms with Gasteiger partial charge < -0.3 is 9.47 Å². The largest absolute Gasteiger partial charge is 0.350 e. The number of nitrogens with zero attached hydrogens (tertiary/aromatic N) is 2. The van der Waals surface area contributed by atoms with Crippen LogP contribution in [0.1, 0.15) is 22.8 Å². The summed E-state index contributed by atoms with van der Waals surface area (Å²) in [5.41, 5.74) is 4.17. The van der Waals surface area contributed by atoms with Gasteiger partial charge in [0.05, 0.1) is 5.56 Å². The highest BCUT2D eigenvalue weighted by Gasteiger charge is 2.32. The third-order valence-electron chi connectivity index (χ3n) is 4.55. The molecule has 4 rings (SSSR count). The number of rotatable bonds is 1. The van der Waals surface area contributed by atoms with Crippen LogP contribution in [0, 0.1) is 0 Å². The fourth-order valence-electron chi connectivity index (χ4n) is 3.52. The predicted octanol–water partition coefficient (Wildman–Crippen LogP) is 3.77. The smallest absolute Gasteiger partial charge is 0.260 e. The van der Waals surface area contributed by atoms with Gasteiger partial charge in [-0.2, -0.15) is 0 Å². The summed E-state index contributed by atoms with van der Waals surface area (Å²) < 4.78 is 2.02. The first-order valence-corrected chi connectivity index (χ1v) is 7.62. The number of para-hydroxylation sites is 2. The summed E-state index contributed by atoms with van der Waals surface area (Å²) in [4.78, 5) is 15.1. The molecule has 0 radical (unpaired) electrons. The molecule has 3 heteroatoms. The van der Waals surface area contributed by atoms with E-state index in [0.717, 1.165) is 28.6 Å². The van der Waals surface area contributed by atoms with E-state index < -0.39 is 0 Å². The van der Waals surface area contributed by atoms with Crippen molar-refractivity contribution in [1.29, 1.82) is 0 Å². The highest BCUT2D eigenvalue weighted by atomic mass is 16.2. The van der Waals surface area contributed by atoms with E-state index in [2.05, 4.69) is 13.0 Å². The van der Waals surface area contributed by atoms with Gasteiger partial charge in [0.2, 0.25) is 0 Å². The van der Waals surface area contributed by atoms with E-state index in [1.54, 1.807) is 0 Å². The van der Waals surface area contributed by atoms with Gasteiger partial charge in [-0.25, -0.2) is 0 Å². The van der Waals surface area contributed by atoms with Crippen molar-refractivity contribution in [2.24, 2.45) is 7.05 Å². The Labute approximate surface area is 129 Å². The molecule has 0 bridgehead atoms. The lowest BCUT2D eigenvalue weighted by Gasteiger charge is -2.22. The zero-order chi connectivity index (χ0) is 15.3. The molecule has 0 N–H and O–H groups in total. The second-order valence-electron chi connectivity index (χ2n) is 6.03. The minimum absolute atomic E-state index is 0.0919. The van der Waals surface area contributed by atoms with Gasteiger partial charge in [-0.1, -0.05) is 36.4 Å². The van der Waals surface area contributed by atoms with Crippen LogP contribution in [0.3, 0.4) is 0 Å². The van der Waals surface area contributed by atoms with Crippen molar-refractivity contribution in [3.05, 3.63) is 65.9 Å². The summed E-state index contributed by atoms with van der Waals surface area (Å²) in [6, 6.07) is 16.5. The highest BCUT2D eigenvalue weighted by Crippen LogP contribution is 2.34. The average Bonchev–Trinajstić information content (AvgIpc) is 3.04. The van der Waals surface area contributed by atoms with Crippen LogP contribution in [0.25, 0.3) is 10.9 Å². The lowest BCUT2D eigenvalue weighted by atomic mass is 10.1. The average molecular weight is 290 g/mol. The van der Waals surface area contributed by atoms with Gasteiger partial charge in [0, 0.05) is 35.9 Å². The van der Waals surface area contributed by atoms with E-state index in [0.29, 0.717) is 0 Å². The topological polar surface area (TPSA) is 25.2 Å². The van der Waals surface area contributed by atoms with E-state index in [9.17, 15) is 4.79 Å². The Morgan fingerprint density at radius 3 is 2.68 bits per heavy atom. The van der Waals surface area contributed by atoms with Crippen molar-refractivity contribution < 1.29 is 4.79 Å². The van der Waals surface area contributed by atoms with Gasteiger partial charge in [0.1, 0.15) is 0 Å². The van der Waals surface area contributed by atoms with Crippen LogP contribution in [-0.4, -0.2) is 16.5 Å². The van der Waals surface area contributed by atoms with Crippen molar-refractivity contribution in [2.75, 3.05) is 4.90 Å². The SMILES string of the molecule is C[C@@H]1Cc2ccccc2N1C(=O)c1cn(C)c2ccccc12. The maximum absolute atomic E-state index is 13.2. The van der Waals surface area contributed by atoms with Crippen molar-refractivity contribution in [1.82, 2.24) is 4.57 Å². The molecule has 1 aliphatic rings. The summed E-state index contributed by atoms with van der Waals surface area (Å²) in [6.45, 7) is 2.11. The Hall–Kier alpha value is -2.55. The van der Waals surface area contributed by atoms with Crippen LogP contribution < -0.4 is 4.90 Å². The standard InChI is InChI=1S/C19H18N2O/c1-13-11-14-7-3-5-9-17(14)21(13)19(22)16-12-20(2)18-10-6-4-8-15(16)18/h3-10,12-13H,11H2,1-2H3/t13-/m1/s1. The molecule has 3 aromatic rings. The van der Waals surface area contributed by atoms with Gasteiger partial charge in [0.25, 0.3) is 5.91 Å². The molecule has 0 fully saturated rings. The molecule has 1 aliphatic heterocycles. The highest BCUT2D eigenvalue weighted by molar-refractivity contribution is 6.15. The molecule has 1 aromatic heterocycles. The van der Waals surface area contributed by atoms with Crippen molar-refractivity contribution in [3.8, 4) is 0 Å². The maximum atomic E-state index is 13.2. The third-order valence-corrected chi connectivity index (χ3v) is 4.55. The molecule has 22 heavy (non-hydrogen) atoms. The first-order valence-electron chi connectivity index (χ1n) is 7.62. The summed E-state index contributed by atoms with van der Waals surface area (Å²) in [6.07, 6.45) is 2.87. The molecule has 2 aromatic carbocycles. The number of carbonyl (C=O) groups excluding carboxylic acids is 1. The molecular weight excluding hydrogens is 272 g/mol. The zero-order valence-corrected chi connectivity index (χ0v) is 12.8. The molecule has 0 unspecified atom stereocenters. The molecule has 1 amide bonds. The van der Waals surface area contributed by atoms with Gasteiger partial charge >= 0.3 is 0 Å². The number of hydrogen-bond acceptors (Lipinski definition) is 1. The fourth-order valence-corrected chi connectivity index (χ4v) is 3.52. The first kappa shape index (κ1) is 13.1. The van der Waals surface area contributed by atoms with E-state index >= 15 is 0 Å². The van der Waals surface area contributed by atoms with Crippen LogP contribution >= 0.6 is 0 Å². The van der Waals surface area contributed by atoms with Crippen molar-refractivity contribution in [3.63, 3.8) is 0 Å². The molecular formula is C19H18N2O. The summed E-state index contributed by atoms with van der Waals surface area (Å²) >= 11 is 0. The van der Waals surface area contributed by atoms with Gasteiger partial charge in [-0.3, -0.25) is 4.79 Å². The first-order chi connectivity index (χ1) is 10.7. The molecule has 0 spiro atoms. The quantitative estimate of drug-likeness (QED) is 0.669. The summed E-state index contributed by atoms with van der Waals surface area (Å²) in [7, 11) is 1.99. The Balaban J connectivity index is 1.85. The minimum Gasteiger partial charge on any atom is -0.350 e. The molecule has 0 saturated carbocycles. The van der Waals surface area contributed by atoms with Crippen LogP contribution in [-0.2, 0) is 13.5 Å². The lowest BCUT2D eigenvalue weighted by Crippen LogP contribution is -2.35. The monoisotopic (exact) mass is 290 g/mol. The molecule has 1 atom stereocenters. The van der Waals surface area contributed by atoms with E-state index in [4.69, 9.17) is 0 Å². The van der Waals surface area contributed by atoms with Crippen LogP contribution in [0.5, 0.6) is 0 Å². The Kier molecular flexibility index (Phi) is 2.83. The minimum atomic E-state index is 0.0919. The number of fused-ring (bicyclic) bond motifs is 2. The van der Waals surface area contributed by atoms with E-state index in [1.807, 2.05) is 65.2 Å². The van der Waals surface area contributed by atoms with Gasteiger partial charge in [-0.15, -0.1) is 0 Å². The number of aryl methyl sites for hydroxylation is 1. The van der Waals surface area contributed by atoms with E-state index in [1.165, 1.54) is 5.56 Å². The number of amides is 1. The lowest BCUT2D eigenvalue weighted by molar-refractivity contribution is 0.0983. The zero-order valence-electron chi connectivity index (χ0n) is 12.8. The van der Waals surface area contributed by atoms with Crippen molar-refractivity contribution in [2.45, 2.75) is 19.4 Å². The molecule has 0 saturated heterocycles. The third kappa shape index (κ3) is 1.78. The molecule has 3 nitrogen and oxygen atoms in total. The van der Waals surface area contributed by atoms with Crippen LogP contribution in [0.15, 0.2) is 54.7 Å². The fraction of sp³-hybridized carbons (Fsp3) is 0.211. The predicted molar refractivity (Wildman–Crippen MR) is 89.3 cm³/mol. The number of anilines is 1. The van der Waals surface area contributed by atoms with Gasteiger partial charge in [-0.05, 0) is 31.0 Å². The second-order valence-corrected chi connectivity index (χ2v) is 6.03. The maximum Gasteiger partial charge on any atom is 0.260 e. The molecule has 2 heterocycles. The molecule has 110 valence electrons. The second kappa shape index (κ2) is 4.73. The Morgan fingerprint density at radius 1 is 1.09 bits per heavy atom. The Bertz CT molecular complexity index is 878. The number of hydrogen-bond donors (Lipinski definition) is 0. The normalized spacial score (nSPS) is 17.0. The Morgan fingerprint density at radius 2 is 1.82 bits per heavy atom.